The van der Waals surface area contributed by atoms with Crippen molar-refractivity contribution in [1.82, 2.24) is 21.3 Å². The first-order valence-electron chi connectivity index (χ1n) is 12.0. The van der Waals surface area contributed by atoms with E-state index >= 15 is 0 Å². The van der Waals surface area contributed by atoms with Gasteiger partial charge in [-0.05, 0) is 12.0 Å². The Morgan fingerprint density at radius 2 is 1.82 bits per heavy atom. The zero-order chi connectivity index (χ0) is 29.3. The fourth-order valence-corrected chi connectivity index (χ4v) is 3.65. The van der Waals surface area contributed by atoms with Crippen LogP contribution in [0.15, 0.2) is 18.2 Å². The minimum absolute atomic E-state index is 0.0762. The minimum Gasteiger partial charge on any atom is -0.493 e. The summed E-state index contributed by atoms with van der Waals surface area (Å²) in [6.07, 6.45) is -0.424. The van der Waals surface area contributed by atoms with Crippen molar-refractivity contribution in [2.75, 3.05) is 13.2 Å². The van der Waals surface area contributed by atoms with Gasteiger partial charge in [0.15, 0.2) is 0 Å². The van der Waals surface area contributed by atoms with Crippen LogP contribution < -0.4 is 37.5 Å². The number of carbonyl (C=O) groups is 6. The van der Waals surface area contributed by atoms with E-state index in [1.807, 2.05) is 0 Å². The number of hydrogen-bond acceptors (Lipinski definition) is 9. The molecule has 1 unspecified atom stereocenters. The van der Waals surface area contributed by atoms with E-state index in [0.29, 0.717) is 6.42 Å². The number of amides is 6. The number of nitro benzene ring substituents is 1. The number of primary amides is 2. The van der Waals surface area contributed by atoms with Gasteiger partial charge in [-0.3, -0.25) is 38.9 Å². The first-order chi connectivity index (χ1) is 18.3. The second kappa shape index (κ2) is 13.7. The van der Waals surface area contributed by atoms with Crippen LogP contribution in [-0.2, 0) is 24.0 Å². The van der Waals surface area contributed by atoms with Crippen molar-refractivity contribution in [2.24, 2.45) is 17.4 Å². The highest BCUT2D eigenvalue weighted by Crippen LogP contribution is 2.25. The third kappa shape index (κ3) is 8.65. The van der Waals surface area contributed by atoms with E-state index in [0.717, 1.165) is 12.1 Å². The molecule has 1 aliphatic rings. The van der Waals surface area contributed by atoms with Gasteiger partial charge < -0.3 is 37.5 Å². The van der Waals surface area contributed by atoms with Gasteiger partial charge in [-0.1, -0.05) is 20.3 Å². The smallest absolute Gasteiger partial charge is 0.270 e. The van der Waals surface area contributed by atoms with E-state index in [9.17, 15) is 38.9 Å². The van der Waals surface area contributed by atoms with Crippen molar-refractivity contribution in [3.8, 4) is 5.75 Å². The molecule has 0 spiro atoms. The summed E-state index contributed by atoms with van der Waals surface area (Å²) in [5.41, 5.74) is 9.67. The number of fused-ring (bicyclic) bond motifs is 1. The Hall–Kier alpha value is -4.76. The zero-order valence-electron chi connectivity index (χ0n) is 21.4. The molecule has 0 saturated heterocycles. The molecule has 1 aliphatic heterocycles. The molecule has 0 bridgehead atoms. The predicted octanol–water partition coefficient (Wildman–Crippen LogP) is -2.03. The van der Waals surface area contributed by atoms with Gasteiger partial charge in [0, 0.05) is 18.6 Å². The first kappa shape index (κ1) is 30.5. The van der Waals surface area contributed by atoms with Gasteiger partial charge in [0.2, 0.25) is 29.5 Å². The number of non-ortho nitro benzene ring substituents is 1. The lowest BCUT2D eigenvalue weighted by atomic mass is 9.97. The molecule has 0 aromatic heterocycles. The van der Waals surface area contributed by atoms with Gasteiger partial charge in [-0.25, -0.2) is 0 Å². The van der Waals surface area contributed by atoms with E-state index in [-0.39, 0.29) is 24.3 Å². The number of ether oxygens (including phenoxy) is 1. The lowest BCUT2D eigenvalue weighted by Gasteiger charge is -2.28. The largest absolute Gasteiger partial charge is 0.493 e. The van der Waals surface area contributed by atoms with Crippen molar-refractivity contribution in [2.45, 2.75) is 51.2 Å². The van der Waals surface area contributed by atoms with E-state index in [1.54, 1.807) is 13.8 Å². The van der Waals surface area contributed by atoms with Crippen LogP contribution >= 0.6 is 0 Å². The summed E-state index contributed by atoms with van der Waals surface area (Å²) in [5.74, 6) is -5.77. The maximum absolute atomic E-state index is 13.2. The molecule has 39 heavy (non-hydrogen) atoms. The number of hydrogen-bond donors (Lipinski definition) is 6. The third-order valence-corrected chi connectivity index (χ3v) is 5.97. The number of benzene rings is 1. The van der Waals surface area contributed by atoms with Crippen LogP contribution in [0.3, 0.4) is 0 Å². The number of nitro groups is 1. The number of nitrogens with zero attached hydrogens (tertiary/aromatic N) is 1. The van der Waals surface area contributed by atoms with Gasteiger partial charge in [-0.2, -0.15) is 0 Å². The van der Waals surface area contributed by atoms with E-state index in [4.69, 9.17) is 16.2 Å². The van der Waals surface area contributed by atoms with Crippen LogP contribution in [-0.4, -0.2) is 71.6 Å². The summed E-state index contributed by atoms with van der Waals surface area (Å²) in [5, 5.41) is 20.9. The highest BCUT2D eigenvalue weighted by molar-refractivity contribution is 6.01. The summed E-state index contributed by atoms with van der Waals surface area (Å²) < 4.78 is 5.64. The molecule has 0 fully saturated rings. The number of nitrogens with two attached hydrogens (primary N) is 2. The van der Waals surface area contributed by atoms with Crippen LogP contribution in [0.5, 0.6) is 5.75 Å². The molecule has 1 aromatic rings. The molecule has 0 radical (unpaired) electrons. The van der Waals surface area contributed by atoms with Gasteiger partial charge in [0.05, 0.1) is 30.1 Å². The number of rotatable bonds is 8. The van der Waals surface area contributed by atoms with Crippen molar-refractivity contribution in [1.29, 1.82) is 0 Å². The number of carbonyl (C=O) groups excluding carboxylic acids is 6. The Bertz CT molecular complexity index is 1160. The standard InChI is InChI=1S/C23H31N7O9/c1-3-11(2)19-23(36)28-15(9-17(24)31)22(35)27-14(21(34)26-10-18(25)32)6-7-39-16-5-4-12(30(37)38)8-13(16)20(33)29-19/h4-5,8,11,14-15,19H,3,6-7,9-10H2,1-2H3,(H2,24,31)(H2,25,32)(H,26,34)(H,27,35)(H,28,36)(H,29,33)/t11-,14?,15+,19+/m1/s1. The lowest BCUT2D eigenvalue weighted by Crippen LogP contribution is -2.59. The molecule has 212 valence electrons. The minimum atomic E-state index is -1.51. The summed E-state index contributed by atoms with van der Waals surface area (Å²) in [4.78, 5) is 85.5. The van der Waals surface area contributed by atoms with Gasteiger partial charge in [0.25, 0.3) is 11.6 Å². The molecule has 4 atom stereocenters. The van der Waals surface area contributed by atoms with Crippen molar-refractivity contribution in [3.05, 3.63) is 33.9 Å². The van der Waals surface area contributed by atoms with Crippen molar-refractivity contribution in [3.63, 3.8) is 0 Å². The lowest BCUT2D eigenvalue weighted by molar-refractivity contribution is -0.384. The normalized spacial score (nSPS) is 21.0. The Labute approximate surface area is 222 Å². The third-order valence-electron chi connectivity index (χ3n) is 5.97. The summed E-state index contributed by atoms with van der Waals surface area (Å²) in [6, 6.07) is -0.774. The van der Waals surface area contributed by atoms with Crippen LogP contribution in [0.1, 0.15) is 43.5 Å². The molecule has 6 amide bonds. The first-order valence-corrected chi connectivity index (χ1v) is 12.0. The Morgan fingerprint density at radius 3 is 2.41 bits per heavy atom. The molecule has 0 saturated carbocycles. The van der Waals surface area contributed by atoms with Crippen LogP contribution in [0.4, 0.5) is 5.69 Å². The highest BCUT2D eigenvalue weighted by Gasteiger charge is 2.34. The van der Waals surface area contributed by atoms with E-state index < -0.39 is 83.1 Å². The van der Waals surface area contributed by atoms with Crippen molar-refractivity contribution < 1.29 is 38.4 Å². The zero-order valence-corrected chi connectivity index (χ0v) is 21.4. The fourth-order valence-electron chi connectivity index (χ4n) is 3.65. The molecular formula is C23H31N7O9. The second-order valence-corrected chi connectivity index (χ2v) is 8.89. The molecule has 2 rings (SSSR count). The molecular weight excluding hydrogens is 518 g/mol. The molecule has 8 N–H and O–H groups in total. The Morgan fingerprint density at radius 1 is 1.13 bits per heavy atom. The molecule has 16 heteroatoms. The monoisotopic (exact) mass is 549 g/mol. The van der Waals surface area contributed by atoms with Crippen molar-refractivity contribution >= 4 is 41.1 Å². The second-order valence-electron chi connectivity index (χ2n) is 8.89. The summed E-state index contributed by atoms with van der Waals surface area (Å²) in [7, 11) is 0. The average Bonchev–Trinajstić information content (AvgIpc) is 2.87. The maximum Gasteiger partial charge on any atom is 0.270 e. The average molecular weight is 550 g/mol. The van der Waals surface area contributed by atoms with Crippen LogP contribution in [0, 0.1) is 16.0 Å². The van der Waals surface area contributed by atoms with Crippen LogP contribution in [0.25, 0.3) is 0 Å². The molecule has 1 heterocycles. The SMILES string of the molecule is CC[C@@H](C)[C@@H]1NC(=O)c2cc([N+](=O)[O-])ccc2OCCC(C(=O)NCC(N)=O)NC(=O)[C@H](CC(N)=O)NC1=O. The predicted molar refractivity (Wildman–Crippen MR) is 134 cm³/mol. The van der Waals surface area contributed by atoms with Gasteiger partial charge >= 0.3 is 0 Å². The topological polar surface area (TPSA) is 255 Å². The highest BCUT2D eigenvalue weighted by atomic mass is 16.6. The summed E-state index contributed by atoms with van der Waals surface area (Å²) >= 11 is 0. The summed E-state index contributed by atoms with van der Waals surface area (Å²) in [6.45, 7) is 2.60. The quantitative estimate of drug-likeness (QED) is 0.154. The maximum atomic E-state index is 13.2. The molecule has 1 aromatic carbocycles. The van der Waals surface area contributed by atoms with E-state index in [1.165, 1.54) is 6.07 Å². The van der Waals surface area contributed by atoms with Crippen LogP contribution in [0.2, 0.25) is 0 Å². The Balaban J connectivity index is 2.55. The molecule has 0 aliphatic carbocycles. The fraction of sp³-hybridized carbons (Fsp3) is 0.478. The van der Waals surface area contributed by atoms with E-state index in [2.05, 4.69) is 21.3 Å². The van der Waals surface area contributed by atoms with Gasteiger partial charge in [0.1, 0.15) is 23.9 Å². The molecule has 16 nitrogen and oxygen atoms in total. The van der Waals surface area contributed by atoms with Gasteiger partial charge in [-0.15, -0.1) is 0 Å². The Kier molecular flexibility index (Phi) is 10.7. The number of nitrogens with one attached hydrogen (secondary N) is 4.